The number of carbonyl (C=O) groups excluding carboxylic acids is 2. The number of Topliss-reactive ketones (excluding diaryl/α,β-unsaturated/α-hetero) is 1. The molecule has 4 nitrogen and oxygen atoms in total. The van der Waals surface area contributed by atoms with Gasteiger partial charge in [-0.15, -0.1) is 12.4 Å². The number of hydrogen-bond acceptors (Lipinski definition) is 3. The standard InChI is InChI=1S/C18H25FN2O2.ClH/c1-12(18(23)15-4-3-5-16(19)11-15)10-17(22)21-8-6-14(7-9-21)13(2)20;/h3-5,11-14H,6-10,20H2,1-2H3;1H. The number of ketones is 1. The van der Waals surface area contributed by atoms with Gasteiger partial charge in [-0.3, -0.25) is 9.59 Å². The minimum absolute atomic E-state index is 0. The molecule has 1 aliphatic rings. The van der Waals surface area contributed by atoms with Crippen LogP contribution in [0, 0.1) is 17.7 Å². The lowest BCUT2D eigenvalue weighted by molar-refractivity contribution is -0.133. The van der Waals surface area contributed by atoms with Gasteiger partial charge in [-0.2, -0.15) is 0 Å². The minimum Gasteiger partial charge on any atom is -0.343 e. The Hall–Kier alpha value is -1.46. The average Bonchev–Trinajstić information content (AvgIpc) is 2.54. The molecular formula is C18H26ClFN2O2. The van der Waals surface area contributed by atoms with Gasteiger partial charge in [0.25, 0.3) is 0 Å². The summed E-state index contributed by atoms with van der Waals surface area (Å²) in [4.78, 5) is 26.5. The zero-order valence-corrected chi connectivity index (χ0v) is 15.0. The number of benzene rings is 1. The van der Waals surface area contributed by atoms with E-state index in [1.807, 2.05) is 11.8 Å². The third-order valence-electron chi connectivity index (χ3n) is 4.67. The van der Waals surface area contributed by atoms with E-state index < -0.39 is 11.7 Å². The van der Waals surface area contributed by atoms with Crippen LogP contribution >= 0.6 is 12.4 Å². The summed E-state index contributed by atoms with van der Waals surface area (Å²) in [6, 6.07) is 5.77. The average molecular weight is 357 g/mol. The number of carbonyl (C=O) groups is 2. The number of halogens is 2. The van der Waals surface area contributed by atoms with E-state index in [9.17, 15) is 14.0 Å². The number of piperidine rings is 1. The van der Waals surface area contributed by atoms with E-state index in [0.717, 1.165) is 12.8 Å². The lowest BCUT2D eigenvalue weighted by atomic mass is 9.90. The van der Waals surface area contributed by atoms with Crippen LogP contribution in [0.4, 0.5) is 4.39 Å². The van der Waals surface area contributed by atoms with Crippen LogP contribution < -0.4 is 5.73 Å². The third-order valence-corrected chi connectivity index (χ3v) is 4.67. The first-order chi connectivity index (χ1) is 10.9. The Kier molecular flexibility index (Phi) is 7.84. The second kappa shape index (κ2) is 9.14. The maximum absolute atomic E-state index is 13.2. The summed E-state index contributed by atoms with van der Waals surface area (Å²) in [5.74, 6) is -0.623. The van der Waals surface area contributed by atoms with Crippen molar-refractivity contribution < 1.29 is 14.0 Å². The summed E-state index contributed by atoms with van der Waals surface area (Å²) >= 11 is 0. The first-order valence-electron chi connectivity index (χ1n) is 8.21. The molecule has 2 atom stereocenters. The molecule has 1 aliphatic heterocycles. The molecule has 0 spiro atoms. The normalized spacial score (nSPS) is 17.8. The minimum atomic E-state index is -0.449. The van der Waals surface area contributed by atoms with Gasteiger partial charge in [-0.05, 0) is 37.8 Å². The van der Waals surface area contributed by atoms with Crippen LogP contribution in [-0.2, 0) is 4.79 Å². The number of rotatable bonds is 5. The van der Waals surface area contributed by atoms with Gasteiger partial charge in [0, 0.05) is 37.0 Å². The summed E-state index contributed by atoms with van der Waals surface area (Å²) in [5, 5.41) is 0. The van der Waals surface area contributed by atoms with Crippen LogP contribution in [0.5, 0.6) is 0 Å². The molecule has 24 heavy (non-hydrogen) atoms. The van der Waals surface area contributed by atoms with Crippen LogP contribution in [-0.4, -0.2) is 35.7 Å². The third kappa shape index (κ3) is 5.28. The van der Waals surface area contributed by atoms with E-state index in [-0.39, 0.29) is 36.6 Å². The molecule has 2 rings (SSSR count). The summed E-state index contributed by atoms with van der Waals surface area (Å²) in [6.07, 6.45) is 1.99. The number of nitrogens with two attached hydrogens (primary N) is 1. The second-order valence-corrected chi connectivity index (χ2v) is 6.56. The molecule has 2 unspecified atom stereocenters. The summed E-state index contributed by atoms with van der Waals surface area (Å²) < 4.78 is 13.2. The van der Waals surface area contributed by atoms with Crippen LogP contribution in [0.1, 0.15) is 43.5 Å². The molecule has 6 heteroatoms. The molecule has 0 radical (unpaired) electrons. The van der Waals surface area contributed by atoms with E-state index in [0.29, 0.717) is 24.6 Å². The molecule has 1 fully saturated rings. The van der Waals surface area contributed by atoms with Crippen molar-refractivity contribution in [1.82, 2.24) is 4.90 Å². The number of amides is 1. The maximum Gasteiger partial charge on any atom is 0.223 e. The molecule has 0 saturated carbocycles. The van der Waals surface area contributed by atoms with Crippen LogP contribution in [0.15, 0.2) is 24.3 Å². The quantitative estimate of drug-likeness (QED) is 0.825. The van der Waals surface area contributed by atoms with Crippen molar-refractivity contribution >= 4 is 24.1 Å². The number of hydrogen-bond donors (Lipinski definition) is 1. The van der Waals surface area contributed by atoms with Crippen LogP contribution in [0.3, 0.4) is 0 Å². The van der Waals surface area contributed by atoms with Gasteiger partial charge in [0.15, 0.2) is 5.78 Å². The van der Waals surface area contributed by atoms with Crippen molar-refractivity contribution in [2.24, 2.45) is 17.6 Å². The van der Waals surface area contributed by atoms with Gasteiger partial charge in [-0.1, -0.05) is 19.1 Å². The Labute approximate surface area is 149 Å². The summed E-state index contributed by atoms with van der Waals surface area (Å²) in [6.45, 7) is 5.12. The molecule has 1 heterocycles. The van der Waals surface area contributed by atoms with Crippen molar-refractivity contribution in [1.29, 1.82) is 0 Å². The highest BCUT2D eigenvalue weighted by atomic mass is 35.5. The lowest BCUT2D eigenvalue weighted by Crippen LogP contribution is -2.43. The summed E-state index contributed by atoms with van der Waals surface area (Å²) in [5.41, 5.74) is 6.23. The molecule has 1 aromatic rings. The van der Waals surface area contributed by atoms with Crippen LogP contribution in [0.25, 0.3) is 0 Å². The largest absolute Gasteiger partial charge is 0.343 e. The molecule has 0 bridgehead atoms. The fourth-order valence-electron chi connectivity index (χ4n) is 3.08. The number of nitrogens with zero attached hydrogens (tertiary/aromatic N) is 1. The molecule has 1 amide bonds. The van der Waals surface area contributed by atoms with Crippen molar-refractivity contribution in [3.8, 4) is 0 Å². The van der Waals surface area contributed by atoms with Crippen molar-refractivity contribution in [3.63, 3.8) is 0 Å². The van der Waals surface area contributed by atoms with E-state index >= 15 is 0 Å². The fraction of sp³-hybridized carbons (Fsp3) is 0.556. The maximum atomic E-state index is 13.2. The second-order valence-electron chi connectivity index (χ2n) is 6.56. The van der Waals surface area contributed by atoms with E-state index in [4.69, 9.17) is 5.73 Å². The highest BCUT2D eigenvalue weighted by Crippen LogP contribution is 2.21. The fourth-order valence-corrected chi connectivity index (χ4v) is 3.08. The molecule has 134 valence electrons. The monoisotopic (exact) mass is 356 g/mol. The summed E-state index contributed by atoms with van der Waals surface area (Å²) in [7, 11) is 0. The molecule has 1 saturated heterocycles. The lowest BCUT2D eigenvalue weighted by Gasteiger charge is -2.34. The SMILES string of the molecule is CC(CC(=O)N1CCC(C(C)N)CC1)C(=O)c1cccc(F)c1.Cl. The zero-order valence-electron chi connectivity index (χ0n) is 14.2. The van der Waals surface area contributed by atoms with Crippen LogP contribution in [0.2, 0.25) is 0 Å². The first kappa shape index (κ1) is 20.6. The predicted molar refractivity (Wildman–Crippen MR) is 94.7 cm³/mol. The molecule has 1 aromatic carbocycles. The van der Waals surface area contributed by atoms with Crippen molar-refractivity contribution in [2.75, 3.05) is 13.1 Å². The van der Waals surface area contributed by atoms with Gasteiger partial charge < -0.3 is 10.6 Å². The molecule has 0 aliphatic carbocycles. The highest BCUT2D eigenvalue weighted by molar-refractivity contribution is 5.99. The van der Waals surface area contributed by atoms with E-state index in [1.54, 1.807) is 13.0 Å². The Morgan fingerprint density at radius 3 is 2.46 bits per heavy atom. The molecular weight excluding hydrogens is 331 g/mol. The molecule has 2 N–H and O–H groups in total. The topological polar surface area (TPSA) is 63.4 Å². The van der Waals surface area contributed by atoms with Gasteiger partial charge in [0.1, 0.15) is 5.82 Å². The molecule has 0 aromatic heterocycles. The Balaban J connectivity index is 0.00000288. The number of likely N-dealkylation sites (tertiary alicyclic amines) is 1. The predicted octanol–water partition coefficient (Wildman–Crippen LogP) is 3.04. The zero-order chi connectivity index (χ0) is 17.0. The van der Waals surface area contributed by atoms with Crippen molar-refractivity contribution in [3.05, 3.63) is 35.6 Å². The van der Waals surface area contributed by atoms with Crippen molar-refractivity contribution in [2.45, 2.75) is 39.2 Å². The van der Waals surface area contributed by atoms with E-state index in [2.05, 4.69) is 0 Å². The van der Waals surface area contributed by atoms with Gasteiger partial charge in [-0.25, -0.2) is 4.39 Å². The van der Waals surface area contributed by atoms with Gasteiger partial charge >= 0.3 is 0 Å². The Morgan fingerprint density at radius 1 is 1.29 bits per heavy atom. The Morgan fingerprint density at radius 2 is 1.92 bits per heavy atom. The Bertz CT molecular complexity index is 572. The smallest absolute Gasteiger partial charge is 0.223 e. The van der Waals surface area contributed by atoms with E-state index in [1.165, 1.54) is 18.2 Å². The first-order valence-corrected chi connectivity index (χ1v) is 8.21. The van der Waals surface area contributed by atoms with Gasteiger partial charge in [0.05, 0.1) is 0 Å². The van der Waals surface area contributed by atoms with Gasteiger partial charge in [0.2, 0.25) is 5.91 Å². The highest BCUT2D eigenvalue weighted by Gasteiger charge is 2.27.